The van der Waals surface area contributed by atoms with Gasteiger partial charge >= 0.3 is 0 Å². The minimum atomic E-state index is -0.403. The van der Waals surface area contributed by atoms with E-state index in [2.05, 4.69) is 14.9 Å². The number of benzene rings is 1. The molecular formula is C15H15ClN4O3. The van der Waals surface area contributed by atoms with Crippen LogP contribution in [0.15, 0.2) is 30.5 Å². The number of morpholine rings is 1. The van der Waals surface area contributed by atoms with E-state index < -0.39 is 4.92 Å². The summed E-state index contributed by atoms with van der Waals surface area (Å²) in [4.78, 5) is 21.0. The van der Waals surface area contributed by atoms with Gasteiger partial charge in [-0.25, -0.2) is 9.97 Å². The number of nitro benzene ring substituents is 1. The highest BCUT2D eigenvalue weighted by atomic mass is 35.5. The number of hydrogen-bond acceptors (Lipinski definition) is 6. The molecule has 2 aromatic rings. The van der Waals surface area contributed by atoms with Crippen LogP contribution in [-0.4, -0.2) is 41.2 Å². The van der Waals surface area contributed by atoms with Gasteiger partial charge in [-0.2, -0.15) is 0 Å². The summed E-state index contributed by atoms with van der Waals surface area (Å²) in [5.41, 5.74) is 2.52. The van der Waals surface area contributed by atoms with Gasteiger partial charge in [-0.15, -0.1) is 0 Å². The molecule has 2 heterocycles. The second-order valence-corrected chi connectivity index (χ2v) is 5.51. The molecule has 0 atom stereocenters. The van der Waals surface area contributed by atoms with Crippen molar-refractivity contribution in [3.05, 3.63) is 57.1 Å². The highest BCUT2D eigenvalue weighted by molar-refractivity contribution is 6.28. The van der Waals surface area contributed by atoms with Crippen molar-refractivity contribution in [1.82, 2.24) is 9.97 Å². The van der Waals surface area contributed by atoms with Crippen LogP contribution in [0.2, 0.25) is 5.28 Å². The molecule has 1 aromatic heterocycles. The van der Waals surface area contributed by atoms with Gasteiger partial charge in [-0.1, -0.05) is 12.1 Å². The van der Waals surface area contributed by atoms with Crippen LogP contribution in [0.4, 0.5) is 11.4 Å². The van der Waals surface area contributed by atoms with E-state index in [-0.39, 0.29) is 11.0 Å². The average molecular weight is 335 g/mol. The van der Waals surface area contributed by atoms with Crippen molar-refractivity contribution < 1.29 is 9.66 Å². The molecule has 1 fully saturated rings. The summed E-state index contributed by atoms with van der Waals surface area (Å²) < 4.78 is 5.36. The van der Waals surface area contributed by atoms with Gasteiger partial charge in [-0.3, -0.25) is 10.1 Å². The maximum absolute atomic E-state index is 10.9. The Morgan fingerprint density at radius 1 is 1.35 bits per heavy atom. The monoisotopic (exact) mass is 334 g/mol. The summed E-state index contributed by atoms with van der Waals surface area (Å²) >= 11 is 5.93. The second-order valence-electron chi connectivity index (χ2n) is 5.17. The number of nitrogens with zero attached hydrogens (tertiary/aromatic N) is 4. The lowest BCUT2D eigenvalue weighted by molar-refractivity contribution is -0.384. The summed E-state index contributed by atoms with van der Waals surface area (Å²) in [5.74, 6) is 0. The normalized spacial score (nSPS) is 14.7. The van der Waals surface area contributed by atoms with E-state index in [0.29, 0.717) is 19.6 Å². The third kappa shape index (κ3) is 3.75. The summed E-state index contributed by atoms with van der Waals surface area (Å²) in [6.45, 7) is 2.82. The molecule has 120 valence electrons. The first-order valence-corrected chi connectivity index (χ1v) is 7.59. The van der Waals surface area contributed by atoms with Gasteiger partial charge in [0.25, 0.3) is 5.69 Å². The molecule has 0 saturated carbocycles. The first kappa shape index (κ1) is 15.6. The highest BCUT2D eigenvalue weighted by Crippen LogP contribution is 2.24. The summed E-state index contributed by atoms with van der Waals surface area (Å²) in [6.07, 6.45) is 2.16. The highest BCUT2D eigenvalue weighted by Gasteiger charge is 2.18. The van der Waals surface area contributed by atoms with Crippen LogP contribution in [0.5, 0.6) is 0 Å². The van der Waals surface area contributed by atoms with Crippen LogP contribution in [0.1, 0.15) is 11.3 Å². The molecule has 8 heteroatoms. The van der Waals surface area contributed by atoms with E-state index in [1.807, 2.05) is 6.07 Å². The van der Waals surface area contributed by atoms with Gasteiger partial charge < -0.3 is 9.64 Å². The number of rotatable bonds is 4. The maximum atomic E-state index is 10.9. The third-order valence-corrected chi connectivity index (χ3v) is 3.84. The standard InChI is InChI=1S/C15H15ClN4O3/c16-15-17-10-14(19-4-6-23-7-5-19)13(18-15)9-11-2-1-3-12(8-11)20(21)22/h1-3,8,10H,4-7,9H2. The Balaban J connectivity index is 1.90. The van der Waals surface area contributed by atoms with Crippen LogP contribution < -0.4 is 4.90 Å². The Kier molecular flexibility index (Phi) is 4.68. The van der Waals surface area contributed by atoms with E-state index >= 15 is 0 Å². The van der Waals surface area contributed by atoms with Crippen molar-refractivity contribution in [2.45, 2.75) is 6.42 Å². The Bertz CT molecular complexity index is 720. The molecule has 23 heavy (non-hydrogen) atoms. The minimum absolute atomic E-state index is 0.0653. The molecule has 0 bridgehead atoms. The van der Waals surface area contributed by atoms with Gasteiger partial charge in [0.1, 0.15) is 0 Å². The predicted octanol–water partition coefficient (Wildman–Crippen LogP) is 2.47. The third-order valence-electron chi connectivity index (χ3n) is 3.66. The molecule has 0 unspecified atom stereocenters. The van der Waals surface area contributed by atoms with E-state index in [9.17, 15) is 10.1 Å². The van der Waals surface area contributed by atoms with Crippen molar-refractivity contribution in [3.63, 3.8) is 0 Å². The molecule has 0 radical (unpaired) electrons. The molecule has 0 aliphatic carbocycles. The lowest BCUT2D eigenvalue weighted by Crippen LogP contribution is -2.37. The summed E-state index contributed by atoms with van der Waals surface area (Å²) in [6, 6.07) is 6.54. The molecule has 0 spiro atoms. The van der Waals surface area contributed by atoms with Gasteiger partial charge in [0.05, 0.1) is 35.7 Å². The SMILES string of the molecule is O=[N+]([O-])c1cccc(Cc2nc(Cl)ncc2N2CCOCC2)c1. The van der Waals surface area contributed by atoms with Crippen LogP contribution >= 0.6 is 11.6 Å². The molecule has 1 aliphatic rings. The number of aromatic nitrogens is 2. The zero-order valence-electron chi connectivity index (χ0n) is 12.3. The van der Waals surface area contributed by atoms with Crippen LogP contribution in [0, 0.1) is 10.1 Å². The van der Waals surface area contributed by atoms with Crippen LogP contribution in [0.3, 0.4) is 0 Å². The van der Waals surface area contributed by atoms with E-state index in [1.54, 1.807) is 18.3 Å². The number of nitro groups is 1. The fourth-order valence-electron chi connectivity index (χ4n) is 2.56. The van der Waals surface area contributed by atoms with Crippen LogP contribution in [0.25, 0.3) is 0 Å². The number of anilines is 1. The number of halogens is 1. The molecular weight excluding hydrogens is 320 g/mol. The van der Waals surface area contributed by atoms with Crippen molar-refractivity contribution in [2.24, 2.45) is 0 Å². The summed E-state index contributed by atoms with van der Waals surface area (Å²) in [7, 11) is 0. The average Bonchev–Trinajstić information content (AvgIpc) is 2.56. The Labute approximate surface area is 138 Å². The number of hydrogen-bond donors (Lipinski definition) is 0. The Morgan fingerprint density at radius 2 is 2.13 bits per heavy atom. The first-order chi connectivity index (χ1) is 11.1. The zero-order valence-corrected chi connectivity index (χ0v) is 13.1. The number of non-ortho nitro benzene ring substituents is 1. The minimum Gasteiger partial charge on any atom is -0.378 e. The summed E-state index contributed by atoms with van der Waals surface area (Å²) in [5, 5.41) is 11.1. The molecule has 0 amide bonds. The van der Waals surface area contributed by atoms with E-state index in [0.717, 1.165) is 30.0 Å². The smallest absolute Gasteiger partial charge is 0.269 e. The fourth-order valence-corrected chi connectivity index (χ4v) is 2.71. The van der Waals surface area contributed by atoms with Gasteiger partial charge in [0.2, 0.25) is 5.28 Å². The first-order valence-electron chi connectivity index (χ1n) is 7.21. The molecule has 1 aliphatic heterocycles. The number of ether oxygens (including phenoxy) is 1. The Morgan fingerprint density at radius 3 is 2.87 bits per heavy atom. The fraction of sp³-hybridized carbons (Fsp3) is 0.333. The largest absolute Gasteiger partial charge is 0.378 e. The molecule has 3 rings (SSSR count). The van der Waals surface area contributed by atoms with Crippen molar-refractivity contribution in [2.75, 3.05) is 31.2 Å². The second kappa shape index (κ2) is 6.89. The lowest BCUT2D eigenvalue weighted by atomic mass is 10.1. The zero-order chi connectivity index (χ0) is 16.2. The van der Waals surface area contributed by atoms with Gasteiger partial charge in [0, 0.05) is 31.6 Å². The lowest BCUT2D eigenvalue weighted by Gasteiger charge is -2.29. The van der Waals surface area contributed by atoms with Crippen molar-refractivity contribution >= 4 is 23.0 Å². The van der Waals surface area contributed by atoms with Crippen molar-refractivity contribution in [1.29, 1.82) is 0 Å². The quantitative estimate of drug-likeness (QED) is 0.485. The van der Waals surface area contributed by atoms with Crippen LogP contribution in [-0.2, 0) is 11.2 Å². The topological polar surface area (TPSA) is 81.4 Å². The van der Waals surface area contributed by atoms with Crippen molar-refractivity contribution in [3.8, 4) is 0 Å². The van der Waals surface area contributed by atoms with Gasteiger partial charge in [-0.05, 0) is 17.2 Å². The molecule has 0 N–H and O–H groups in total. The predicted molar refractivity (Wildman–Crippen MR) is 86.0 cm³/mol. The maximum Gasteiger partial charge on any atom is 0.269 e. The molecule has 7 nitrogen and oxygen atoms in total. The van der Waals surface area contributed by atoms with Gasteiger partial charge in [0.15, 0.2) is 0 Å². The van der Waals surface area contributed by atoms with E-state index in [1.165, 1.54) is 6.07 Å². The van der Waals surface area contributed by atoms with E-state index in [4.69, 9.17) is 16.3 Å². The Hall–Kier alpha value is -2.25. The molecule has 1 aromatic carbocycles. The molecule has 1 saturated heterocycles.